The van der Waals surface area contributed by atoms with Crippen LogP contribution in [-0.2, 0) is 10.9 Å². The van der Waals surface area contributed by atoms with Gasteiger partial charge in [-0.05, 0) is 24.5 Å². The van der Waals surface area contributed by atoms with E-state index in [2.05, 4.69) is 20.3 Å². The maximum Gasteiger partial charge on any atom is 0.417 e. The molecule has 13 heteroatoms. The van der Waals surface area contributed by atoms with Crippen molar-refractivity contribution in [2.45, 2.75) is 33.4 Å². The molecule has 0 saturated carbocycles. The number of rotatable bonds is 9. The van der Waals surface area contributed by atoms with E-state index in [4.69, 9.17) is 4.74 Å². The molecule has 0 aliphatic carbocycles. The molecule has 0 spiro atoms. The Bertz CT molecular complexity index is 1420. The van der Waals surface area contributed by atoms with E-state index in [0.29, 0.717) is 69.1 Å². The number of hydrogen-bond acceptors (Lipinski definition) is 7. The second-order valence-electron chi connectivity index (χ2n) is 10.1. The number of benzene rings is 1. The van der Waals surface area contributed by atoms with Crippen molar-refractivity contribution in [1.82, 2.24) is 15.0 Å². The first kappa shape index (κ1) is 30.0. The molecule has 3 heterocycles. The average molecular weight is 577 g/mol. The van der Waals surface area contributed by atoms with E-state index in [0.717, 1.165) is 6.20 Å². The topological polar surface area (TPSA) is 103 Å². The van der Waals surface area contributed by atoms with Crippen LogP contribution in [0.1, 0.15) is 43.1 Å². The van der Waals surface area contributed by atoms with Crippen molar-refractivity contribution in [3.63, 3.8) is 0 Å². The fraction of sp³-hybridized carbons (Fsp3) is 0.429. The van der Waals surface area contributed by atoms with E-state index in [1.807, 2.05) is 30.6 Å². The predicted octanol–water partition coefficient (Wildman–Crippen LogP) is 4.95. The standard InChI is InChI=1S/C28H32F4N6O3/c1-4-5-38(16-17(2)3)24-12-22(29)19(18-13-34-27(35-14-18)37-6-8-41-9-7-37)10-23(24)36-26(40)20-15-33-25(39)11-21(20)28(30,31)32/h10-15,17H,4-9,16H2,1-3H3,(H,33,39)(H,36,40). The smallest absolute Gasteiger partial charge is 0.378 e. The number of pyridine rings is 1. The van der Waals surface area contributed by atoms with E-state index in [1.165, 1.54) is 24.5 Å². The van der Waals surface area contributed by atoms with Crippen LogP contribution in [0.25, 0.3) is 11.1 Å². The Morgan fingerprint density at radius 3 is 2.46 bits per heavy atom. The van der Waals surface area contributed by atoms with Crippen LogP contribution in [-0.4, -0.2) is 60.3 Å². The van der Waals surface area contributed by atoms with Gasteiger partial charge in [-0.3, -0.25) is 9.59 Å². The summed E-state index contributed by atoms with van der Waals surface area (Å²) in [6.07, 6.45) is -0.589. The van der Waals surface area contributed by atoms with Crippen molar-refractivity contribution in [2.24, 2.45) is 5.92 Å². The quantitative estimate of drug-likeness (QED) is 0.348. The molecule has 0 atom stereocenters. The van der Waals surface area contributed by atoms with E-state index in [-0.39, 0.29) is 17.2 Å². The molecule has 0 radical (unpaired) electrons. The van der Waals surface area contributed by atoms with E-state index >= 15 is 4.39 Å². The van der Waals surface area contributed by atoms with Gasteiger partial charge in [0.05, 0.1) is 35.7 Å². The molecule has 0 unspecified atom stereocenters. The zero-order valence-corrected chi connectivity index (χ0v) is 23.0. The van der Waals surface area contributed by atoms with Crippen molar-refractivity contribution in [1.29, 1.82) is 0 Å². The summed E-state index contributed by atoms with van der Waals surface area (Å²) in [6.45, 7) is 9.26. The summed E-state index contributed by atoms with van der Waals surface area (Å²) in [7, 11) is 0. The van der Waals surface area contributed by atoms with Gasteiger partial charge in [0.2, 0.25) is 11.5 Å². The number of nitrogens with zero attached hydrogens (tertiary/aromatic N) is 4. The summed E-state index contributed by atoms with van der Waals surface area (Å²) in [4.78, 5) is 39.5. The second-order valence-corrected chi connectivity index (χ2v) is 10.1. The van der Waals surface area contributed by atoms with Gasteiger partial charge < -0.3 is 24.8 Å². The molecule has 1 aliphatic rings. The van der Waals surface area contributed by atoms with Crippen LogP contribution in [0.4, 0.5) is 34.9 Å². The molecule has 2 aromatic heterocycles. The maximum atomic E-state index is 15.6. The number of alkyl halides is 3. The van der Waals surface area contributed by atoms with E-state index < -0.39 is 34.6 Å². The minimum atomic E-state index is -4.94. The number of nitrogens with one attached hydrogen (secondary N) is 2. The fourth-order valence-electron chi connectivity index (χ4n) is 4.64. The summed E-state index contributed by atoms with van der Waals surface area (Å²) < 4.78 is 62.0. The Morgan fingerprint density at radius 1 is 1.17 bits per heavy atom. The number of morpholine rings is 1. The summed E-state index contributed by atoms with van der Waals surface area (Å²) in [5.74, 6) is -1.07. The highest BCUT2D eigenvalue weighted by molar-refractivity contribution is 6.07. The first-order valence-electron chi connectivity index (χ1n) is 13.3. The van der Waals surface area contributed by atoms with Gasteiger partial charge in [-0.15, -0.1) is 0 Å². The van der Waals surface area contributed by atoms with E-state index in [1.54, 1.807) is 0 Å². The number of anilines is 3. The molecule has 9 nitrogen and oxygen atoms in total. The van der Waals surface area contributed by atoms with Crippen LogP contribution < -0.4 is 20.7 Å². The van der Waals surface area contributed by atoms with Crippen molar-refractivity contribution in [3.8, 4) is 11.1 Å². The predicted molar refractivity (Wildman–Crippen MR) is 148 cm³/mol. The summed E-state index contributed by atoms with van der Waals surface area (Å²) >= 11 is 0. The third kappa shape index (κ3) is 7.20. The normalized spacial score (nSPS) is 13.9. The molecule has 220 valence electrons. The zero-order valence-electron chi connectivity index (χ0n) is 23.0. The number of H-pyrrole nitrogens is 1. The van der Waals surface area contributed by atoms with Crippen LogP contribution in [0, 0.1) is 11.7 Å². The minimum absolute atomic E-state index is 0.0658. The summed E-state index contributed by atoms with van der Waals surface area (Å²) in [5, 5.41) is 2.54. The lowest BCUT2D eigenvalue weighted by molar-refractivity contribution is -0.138. The lowest BCUT2D eigenvalue weighted by Gasteiger charge is -2.29. The highest BCUT2D eigenvalue weighted by atomic mass is 19.4. The van der Waals surface area contributed by atoms with Gasteiger partial charge in [0.25, 0.3) is 5.91 Å². The largest absolute Gasteiger partial charge is 0.417 e. The fourth-order valence-corrected chi connectivity index (χ4v) is 4.64. The lowest BCUT2D eigenvalue weighted by atomic mass is 10.0. The summed E-state index contributed by atoms with van der Waals surface area (Å²) in [6, 6.07) is 2.97. The Kier molecular flexibility index (Phi) is 9.26. The van der Waals surface area contributed by atoms with Gasteiger partial charge >= 0.3 is 6.18 Å². The van der Waals surface area contributed by atoms with Gasteiger partial charge in [0, 0.05) is 62.0 Å². The number of carbonyl (C=O) groups excluding carboxylic acids is 1. The molecule has 1 saturated heterocycles. The number of aromatic nitrogens is 3. The van der Waals surface area contributed by atoms with Crippen LogP contribution >= 0.6 is 0 Å². The Morgan fingerprint density at radius 2 is 1.85 bits per heavy atom. The molecule has 4 rings (SSSR count). The van der Waals surface area contributed by atoms with Gasteiger partial charge in [-0.2, -0.15) is 13.2 Å². The van der Waals surface area contributed by atoms with E-state index in [9.17, 15) is 22.8 Å². The molecular weight excluding hydrogens is 544 g/mol. The monoisotopic (exact) mass is 576 g/mol. The van der Waals surface area contributed by atoms with Gasteiger partial charge in [-0.1, -0.05) is 20.8 Å². The molecule has 1 amide bonds. The molecule has 1 aliphatic heterocycles. The molecule has 1 fully saturated rings. The minimum Gasteiger partial charge on any atom is -0.378 e. The van der Waals surface area contributed by atoms with Crippen LogP contribution in [0.5, 0.6) is 0 Å². The first-order valence-corrected chi connectivity index (χ1v) is 13.3. The number of ether oxygens (including phenoxy) is 1. The van der Waals surface area contributed by atoms with Crippen molar-refractivity contribution >= 4 is 23.2 Å². The summed E-state index contributed by atoms with van der Waals surface area (Å²) in [5.41, 5.74) is -2.31. The van der Waals surface area contributed by atoms with Crippen LogP contribution in [0.2, 0.25) is 0 Å². The van der Waals surface area contributed by atoms with Crippen LogP contribution in [0.3, 0.4) is 0 Å². The molecule has 3 aromatic rings. The first-order chi connectivity index (χ1) is 19.5. The van der Waals surface area contributed by atoms with Gasteiger partial charge in [-0.25, -0.2) is 14.4 Å². The van der Waals surface area contributed by atoms with Gasteiger partial charge in [0.1, 0.15) is 5.82 Å². The van der Waals surface area contributed by atoms with Crippen molar-refractivity contribution in [2.75, 3.05) is 54.5 Å². The Hall–Kier alpha value is -4.00. The second kappa shape index (κ2) is 12.7. The number of halogens is 4. The average Bonchev–Trinajstić information content (AvgIpc) is 2.93. The maximum absolute atomic E-state index is 15.6. The third-order valence-electron chi connectivity index (χ3n) is 6.47. The number of hydrogen-bond donors (Lipinski definition) is 2. The molecule has 1 aromatic carbocycles. The Labute approximate surface area is 234 Å². The lowest BCUT2D eigenvalue weighted by Crippen LogP contribution is -2.37. The highest BCUT2D eigenvalue weighted by Crippen LogP contribution is 2.36. The molecule has 2 N–H and O–H groups in total. The van der Waals surface area contributed by atoms with Crippen molar-refractivity contribution < 1.29 is 27.1 Å². The SMILES string of the molecule is CCCN(CC(C)C)c1cc(F)c(-c2cnc(N3CCOCC3)nc2)cc1NC(=O)c1c[nH]c(=O)cc1C(F)(F)F. The third-order valence-corrected chi connectivity index (χ3v) is 6.47. The number of amides is 1. The molecule has 0 bridgehead atoms. The van der Waals surface area contributed by atoms with Crippen LogP contribution in [0.15, 0.2) is 41.6 Å². The zero-order chi connectivity index (χ0) is 29.7. The molecule has 41 heavy (non-hydrogen) atoms. The highest BCUT2D eigenvalue weighted by Gasteiger charge is 2.36. The number of carbonyl (C=O) groups is 1. The van der Waals surface area contributed by atoms with Crippen molar-refractivity contribution in [3.05, 3.63) is 64.1 Å². The van der Waals surface area contributed by atoms with Gasteiger partial charge in [0.15, 0.2) is 0 Å². The Balaban J connectivity index is 1.77. The molecular formula is C28H32F4N6O3. The number of aromatic amines is 1.